The quantitative estimate of drug-likeness (QED) is 0.391. The molecule has 6 nitrogen and oxygen atoms in total. The van der Waals surface area contributed by atoms with Crippen LogP contribution in [0.1, 0.15) is 16.1 Å². The van der Waals surface area contributed by atoms with Gasteiger partial charge in [0.05, 0.1) is 16.1 Å². The standard InChI is InChI=1S/C14H7N3O3/c18-14-9-3-1-2-4-12(9)16-13(14)10-7-8(17(19)20)5-6-11(10)15-16/h1-7H. The molecule has 0 bridgehead atoms. The Morgan fingerprint density at radius 3 is 2.75 bits per heavy atom. The predicted octanol–water partition coefficient (Wildman–Crippen LogP) is 2.48. The maximum Gasteiger partial charge on any atom is 0.270 e. The third-order valence-electron chi connectivity index (χ3n) is 3.46. The fraction of sp³-hybridized carbons (Fsp3) is 0. The Labute approximate surface area is 112 Å². The topological polar surface area (TPSA) is 78.0 Å². The Bertz CT molecular complexity index is 911. The lowest BCUT2D eigenvalue weighted by Gasteiger charge is -1.97. The summed E-state index contributed by atoms with van der Waals surface area (Å²) in [5.74, 6) is -0.149. The van der Waals surface area contributed by atoms with E-state index in [1.165, 1.54) is 12.1 Å². The lowest BCUT2D eigenvalue weighted by atomic mass is 10.1. The van der Waals surface area contributed by atoms with E-state index < -0.39 is 4.92 Å². The minimum atomic E-state index is -0.476. The molecule has 0 radical (unpaired) electrons. The molecule has 0 spiro atoms. The molecule has 2 heterocycles. The van der Waals surface area contributed by atoms with Crippen LogP contribution in [0, 0.1) is 10.1 Å². The molecular weight excluding hydrogens is 258 g/mol. The summed E-state index contributed by atoms with van der Waals surface area (Å²) in [6, 6.07) is 11.5. The molecule has 0 N–H and O–H groups in total. The lowest BCUT2D eigenvalue weighted by molar-refractivity contribution is -0.384. The summed E-state index contributed by atoms with van der Waals surface area (Å²) >= 11 is 0. The number of benzene rings is 2. The summed E-state index contributed by atoms with van der Waals surface area (Å²) < 4.78 is 1.56. The molecule has 0 unspecified atom stereocenters. The van der Waals surface area contributed by atoms with Crippen molar-refractivity contribution in [3.8, 4) is 5.69 Å². The summed E-state index contributed by atoms with van der Waals surface area (Å²) in [5.41, 5.74) is 2.21. The number of aromatic nitrogens is 2. The van der Waals surface area contributed by atoms with E-state index in [2.05, 4.69) is 5.10 Å². The van der Waals surface area contributed by atoms with E-state index in [1.54, 1.807) is 22.9 Å². The average molecular weight is 265 g/mol. The Morgan fingerprint density at radius 2 is 1.95 bits per heavy atom. The molecule has 0 amide bonds. The van der Waals surface area contributed by atoms with E-state index in [0.29, 0.717) is 27.8 Å². The molecule has 96 valence electrons. The van der Waals surface area contributed by atoms with Crippen molar-refractivity contribution in [1.82, 2.24) is 9.78 Å². The molecule has 0 saturated heterocycles. The molecular formula is C14H7N3O3. The van der Waals surface area contributed by atoms with Crippen LogP contribution in [0.3, 0.4) is 0 Å². The normalized spacial score (nSPS) is 12.5. The molecule has 1 aliphatic rings. The number of nitro groups is 1. The average Bonchev–Trinajstić information content (AvgIpc) is 2.96. The maximum absolute atomic E-state index is 12.4. The van der Waals surface area contributed by atoms with Gasteiger partial charge in [-0.15, -0.1) is 0 Å². The number of nitro benzene ring substituents is 1. The van der Waals surface area contributed by atoms with Crippen LogP contribution in [0.15, 0.2) is 42.5 Å². The van der Waals surface area contributed by atoms with E-state index in [4.69, 9.17) is 0 Å². The van der Waals surface area contributed by atoms with E-state index >= 15 is 0 Å². The first-order valence-electron chi connectivity index (χ1n) is 5.98. The van der Waals surface area contributed by atoms with E-state index in [9.17, 15) is 14.9 Å². The highest BCUT2D eigenvalue weighted by Gasteiger charge is 2.30. The zero-order valence-corrected chi connectivity index (χ0v) is 10.1. The first-order valence-corrected chi connectivity index (χ1v) is 5.98. The number of rotatable bonds is 1. The molecule has 3 aromatic rings. The summed E-state index contributed by atoms with van der Waals surface area (Å²) in [7, 11) is 0. The number of para-hydroxylation sites is 1. The van der Waals surface area contributed by atoms with Crippen molar-refractivity contribution in [3.05, 3.63) is 63.8 Å². The highest BCUT2D eigenvalue weighted by atomic mass is 16.6. The second-order valence-corrected chi connectivity index (χ2v) is 4.57. The highest BCUT2D eigenvalue weighted by Crippen LogP contribution is 2.33. The van der Waals surface area contributed by atoms with Crippen LogP contribution in [0.2, 0.25) is 0 Å². The number of hydrogen-bond acceptors (Lipinski definition) is 4. The minimum absolute atomic E-state index is 0.0444. The largest absolute Gasteiger partial charge is 0.287 e. The number of non-ortho nitro benzene ring substituents is 1. The first-order chi connectivity index (χ1) is 9.66. The molecule has 1 aliphatic heterocycles. The van der Waals surface area contributed by atoms with Crippen molar-refractivity contribution in [2.45, 2.75) is 0 Å². The Balaban J connectivity index is 2.09. The van der Waals surface area contributed by atoms with Crippen LogP contribution in [-0.2, 0) is 0 Å². The van der Waals surface area contributed by atoms with Gasteiger partial charge in [-0.1, -0.05) is 12.1 Å². The van der Waals surface area contributed by atoms with Gasteiger partial charge in [0.15, 0.2) is 0 Å². The van der Waals surface area contributed by atoms with Crippen molar-refractivity contribution in [1.29, 1.82) is 0 Å². The Morgan fingerprint density at radius 1 is 1.15 bits per heavy atom. The summed E-state index contributed by atoms with van der Waals surface area (Å²) in [4.78, 5) is 22.8. The molecule has 0 saturated carbocycles. The second-order valence-electron chi connectivity index (χ2n) is 4.57. The van der Waals surface area contributed by atoms with Gasteiger partial charge in [0.1, 0.15) is 5.69 Å². The van der Waals surface area contributed by atoms with Gasteiger partial charge < -0.3 is 0 Å². The van der Waals surface area contributed by atoms with Crippen LogP contribution >= 0.6 is 0 Å². The van der Waals surface area contributed by atoms with Crippen molar-refractivity contribution in [2.75, 3.05) is 0 Å². The van der Waals surface area contributed by atoms with Crippen molar-refractivity contribution >= 4 is 22.4 Å². The third kappa shape index (κ3) is 1.22. The van der Waals surface area contributed by atoms with E-state index in [1.807, 2.05) is 12.1 Å². The molecule has 2 aromatic carbocycles. The Kier molecular flexibility index (Phi) is 1.90. The van der Waals surface area contributed by atoms with Crippen LogP contribution < -0.4 is 0 Å². The lowest BCUT2D eigenvalue weighted by Crippen LogP contribution is -1.96. The van der Waals surface area contributed by atoms with Crippen molar-refractivity contribution in [3.63, 3.8) is 0 Å². The molecule has 0 atom stereocenters. The van der Waals surface area contributed by atoms with Crippen molar-refractivity contribution in [2.24, 2.45) is 0 Å². The van der Waals surface area contributed by atoms with Gasteiger partial charge in [-0.05, 0) is 18.2 Å². The summed E-state index contributed by atoms with van der Waals surface area (Å²) in [5, 5.41) is 15.7. The first kappa shape index (κ1) is 10.9. The monoisotopic (exact) mass is 265 g/mol. The fourth-order valence-electron chi connectivity index (χ4n) is 2.56. The fourth-order valence-corrected chi connectivity index (χ4v) is 2.56. The number of fused-ring (bicyclic) bond motifs is 5. The van der Waals surface area contributed by atoms with Gasteiger partial charge in [0.25, 0.3) is 5.69 Å². The number of ketones is 1. The Hall–Kier alpha value is -3.02. The van der Waals surface area contributed by atoms with Crippen LogP contribution in [0.4, 0.5) is 5.69 Å². The molecule has 6 heteroatoms. The van der Waals surface area contributed by atoms with Crippen molar-refractivity contribution < 1.29 is 9.72 Å². The van der Waals surface area contributed by atoms with Gasteiger partial charge in [-0.25, -0.2) is 4.68 Å². The molecule has 4 rings (SSSR count). The number of hydrogen-bond donors (Lipinski definition) is 0. The van der Waals surface area contributed by atoms with Crippen LogP contribution in [0.25, 0.3) is 16.6 Å². The second kappa shape index (κ2) is 3.51. The number of carbonyl (C=O) groups excluding carboxylic acids is 1. The number of nitrogens with zero attached hydrogens (tertiary/aromatic N) is 3. The number of carbonyl (C=O) groups is 1. The van der Waals surface area contributed by atoms with Gasteiger partial charge in [0.2, 0.25) is 5.78 Å². The SMILES string of the molecule is O=C1c2ccccc2-n2nc3ccc([N+](=O)[O-])cc3c21. The molecule has 0 fully saturated rings. The maximum atomic E-state index is 12.4. The van der Waals surface area contributed by atoms with Crippen LogP contribution in [0.5, 0.6) is 0 Å². The van der Waals surface area contributed by atoms with E-state index in [-0.39, 0.29) is 11.5 Å². The van der Waals surface area contributed by atoms with Crippen LogP contribution in [-0.4, -0.2) is 20.5 Å². The highest BCUT2D eigenvalue weighted by molar-refractivity contribution is 6.20. The van der Waals surface area contributed by atoms with Gasteiger partial charge in [0, 0.05) is 23.1 Å². The zero-order valence-electron chi connectivity index (χ0n) is 10.1. The van der Waals surface area contributed by atoms with Gasteiger partial charge in [-0.2, -0.15) is 5.10 Å². The van der Waals surface area contributed by atoms with E-state index in [0.717, 1.165) is 0 Å². The summed E-state index contributed by atoms with van der Waals surface area (Å²) in [6.45, 7) is 0. The van der Waals surface area contributed by atoms with Gasteiger partial charge >= 0.3 is 0 Å². The zero-order chi connectivity index (χ0) is 13.9. The third-order valence-corrected chi connectivity index (χ3v) is 3.46. The molecule has 0 aliphatic carbocycles. The smallest absolute Gasteiger partial charge is 0.270 e. The van der Waals surface area contributed by atoms with Gasteiger partial charge in [-0.3, -0.25) is 14.9 Å². The predicted molar refractivity (Wildman–Crippen MR) is 71.2 cm³/mol. The minimum Gasteiger partial charge on any atom is -0.287 e. The molecule has 20 heavy (non-hydrogen) atoms. The molecule has 1 aromatic heterocycles. The summed E-state index contributed by atoms with van der Waals surface area (Å²) in [6.07, 6.45) is 0.